The second-order valence-corrected chi connectivity index (χ2v) is 4.65. The molecule has 0 fully saturated rings. The molecule has 1 aromatic carbocycles. The molecule has 0 spiro atoms. The SMILES string of the molecule is C[C@H](Oc1ccccc1[N+](=O)[O-])C(=O)N/N=C\c1ccc([N+](=O)[O-])o1. The van der Waals surface area contributed by atoms with Crippen molar-refractivity contribution in [2.75, 3.05) is 0 Å². The highest BCUT2D eigenvalue weighted by atomic mass is 16.6. The lowest BCUT2D eigenvalue weighted by atomic mass is 10.3. The quantitative estimate of drug-likeness (QED) is 0.456. The van der Waals surface area contributed by atoms with Gasteiger partial charge in [0.05, 0.1) is 17.2 Å². The zero-order valence-electron chi connectivity index (χ0n) is 12.8. The maximum Gasteiger partial charge on any atom is 0.433 e. The standard InChI is InChI=1S/C14H12N4O7/c1-9(24-12-5-3-2-4-11(12)17(20)21)14(19)16-15-8-10-6-7-13(25-10)18(22)23/h2-9H,1H3,(H,16,19)/b15-8-/t9-/m0/s1. The maximum absolute atomic E-state index is 11.9. The summed E-state index contributed by atoms with van der Waals surface area (Å²) in [6.45, 7) is 1.39. The number of para-hydroxylation sites is 2. The van der Waals surface area contributed by atoms with E-state index in [9.17, 15) is 25.0 Å². The molecule has 0 saturated carbocycles. The Labute approximate surface area is 140 Å². The van der Waals surface area contributed by atoms with Gasteiger partial charge < -0.3 is 9.15 Å². The minimum Gasteiger partial charge on any atom is -0.474 e. The Morgan fingerprint density at radius 3 is 2.60 bits per heavy atom. The lowest BCUT2D eigenvalue weighted by molar-refractivity contribution is -0.402. The average molecular weight is 348 g/mol. The van der Waals surface area contributed by atoms with Crippen LogP contribution in [0.2, 0.25) is 0 Å². The zero-order chi connectivity index (χ0) is 18.4. The van der Waals surface area contributed by atoms with Crippen LogP contribution >= 0.6 is 0 Å². The number of nitrogens with one attached hydrogen (secondary N) is 1. The largest absolute Gasteiger partial charge is 0.474 e. The first-order valence-electron chi connectivity index (χ1n) is 6.85. The fourth-order valence-electron chi connectivity index (χ4n) is 1.71. The molecule has 11 heteroatoms. The van der Waals surface area contributed by atoms with Crippen LogP contribution in [0.15, 0.2) is 45.9 Å². The molecule has 0 aliphatic heterocycles. The molecule has 1 heterocycles. The van der Waals surface area contributed by atoms with Gasteiger partial charge in [-0.2, -0.15) is 5.10 Å². The summed E-state index contributed by atoms with van der Waals surface area (Å²) >= 11 is 0. The van der Waals surface area contributed by atoms with Crippen molar-refractivity contribution in [1.29, 1.82) is 0 Å². The second kappa shape index (κ2) is 7.68. The number of furan rings is 1. The van der Waals surface area contributed by atoms with E-state index in [-0.39, 0.29) is 17.2 Å². The number of carbonyl (C=O) groups excluding carboxylic acids is 1. The third kappa shape index (κ3) is 4.60. The molecule has 0 radical (unpaired) electrons. The van der Waals surface area contributed by atoms with Crippen LogP contribution in [0.4, 0.5) is 11.6 Å². The Hall–Kier alpha value is -3.76. The van der Waals surface area contributed by atoms with E-state index < -0.39 is 27.7 Å². The average Bonchev–Trinajstić information content (AvgIpc) is 3.04. The summed E-state index contributed by atoms with van der Waals surface area (Å²) in [5.74, 6) is -1.11. The Morgan fingerprint density at radius 1 is 1.24 bits per heavy atom. The number of nitro groups is 2. The van der Waals surface area contributed by atoms with Crippen molar-refractivity contribution in [3.05, 3.63) is 62.4 Å². The van der Waals surface area contributed by atoms with Gasteiger partial charge >= 0.3 is 11.6 Å². The number of hydrogen-bond donors (Lipinski definition) is 1. The lowest BCUT2D eigenvalue weighted by Gasteiger charge is -2.12. The number of carbonyl (C=O) groups is 1. The van der Waals surface area contributed by atoms with Gasteiger partial charge in [0.15, 0.2) is 17.6 Å². The molecule has 0 unspecified atom stereocenters. The highest BCUT2D eigenvalue weighted by Crippen LogP contribution is 2.26. The van der Waals surface area contributed by atoms with Gasteiger partial charge in [-0.25, -0.2) is 5.43 Å². The number of rotatable bonds is 7. The molecule has 2 aromatic rings. The zero-order valence-corrected chi connectivity index (χ0v) is 12.8. The minimum absolute atomic E-state index is 0.0548. The first kappa shape index (κ1) is 17.6. The Kier molecular flexibility index (Phi) is 5.40. The van der Waals surface area contributed by atoms with E-state index in [1.165, 1.54) is 37.3 Å². The van der Waals surface area contributed by atoms with E-state index >= 15 is 0 Å². The number of hydrazone groups is 1. The third-order valence-electron chi connectivity index (χ3n) is 2.89. The van der Waals surface area contributed by atoms with Crippen LogP contribution in [-0.4, -0.2) is 28.1 Å². The highest BCUT2D eigenvalue weighted by Gasteiger charge is 2.20. The number of hydrogen-bond acceptors (Lipinski definition) is 8. The predicted molar refractivity (Wildman–Crippen MR) is 84.3 cm³/mol. The summed E-state index contributed by atoms with van der Waals surface area (Å²) in [4.78, 5) is 31.9. The van der Waals surface area contributed by atoms with Gasteiger partial charge in [-0.1, -0.05) is 12.1 Å². The fourth-order valence-corrected chi connectivity index (χ4v) is 1.71. The summed E-state index contributed by atoms with van der Waals surface area (Å²) < 4.78 is 10.1. The van der Waals surface area contributed by atoms with Crippen molar-refractivity contribution in [2.24, 2.45) is 5.10 Å². The van der Waals surface area contributed by atoms with Crippen molar-refractivity contribution in [2.45, 2.75) is 13.0 Å². The van der Waals surface area contributed by atoms with Crippen molar-refractivity contribution < 1.29 is 23.8 Å². The molecule has 2 rings (SSSR count). The second-order valence-electron chi connectivity index (χ2n) is 4.65. The number of ether oxygens (including phenoxy) is 1. The normalized spacial score (nSPS) is 11.9. The topological polar surface area (TPSA) is 150 Å². The summed E-state index contributed by atoms with van der Waals surface area (Å²) in [6.07, 6.45) is 0.00644. The Bertz CT molecular complexity index is 830. The lowest BCUT2D eigenvalue weighted by Crippen LogP contribution is -2.33. The molecule has 0 aliphatic carbocycles. The predicted octanol–water partition coefficient (Wildman–Crippen LogP) is 2.01. The molecule has 1 N–H and O–H groups in total. The maximum atomic E-state index is 11.9. The molecule has 1 amide bonds. The Balaban J connectivity index is 1.95. The van der Waals surface area contributed by atoms with Gasteiger partial charge in [-0.3, -0.25) is 25.0 Å². The summed E-state index contributed by atoms with van der Waals surface area (Å²) in [6, 6.07) is 8.08. The first-order valence-corrected chi connectivity index (χ1v) is 6.85. The van der Waals surface area contributed by atoms with E-state index in [1.54, 1.807) is 0 Å². The van der Waals surface area contributed by atoms with Gasteiger partial charge in [-0.05, 0) is 19.1 Å². The number of benzene rings is 1. The van der Waals surface area contributed by atoms with Gasteiger partial charge in [0, 0.05) is 6.07 Å². The minimum atomic E-state index is -1.07. The van der Waals surface area contributed by atoms with Gasteiger partial charge in [0.2, 0.25) is 0 Å². The van der Waals surface area contributed by atoms with E-state index in [2.05, 4.69) is 10.5 Å². The van der Waals surface area contributed by atoms with Crippen LogP contribution in [-0.2, 0) is 4.79 Å². The van der Waals surface area contributed by atoms with E-state index in [1.807, 2.05) is 0 Å². The number of nitro benzene ring substituents is 1. The molecule has 0 bridgehead atoms. The first-order chi connectivity index (χ1) is 11.9. The molecule has 1 atom stereocenters. The molecular weight excluding hydrogens is 336 g/mol. The monoisotopic (exact) mass is 348 g/mol. The smallest absolute Gasteiger partial charge is 0.433 e. The van der Waals surface area contributed by atoms with Gasteiger partial charge in [0.25, 0.3) is 5.91 Å². The van der Waals surface area contributed by atoms with Crippen LogP contribution in [0.1, 0.15) is 12.7 Å². The van der Waals surface area contributed by atoms with Crippen LogP contribution in [0.5, 0.6) is 5.75 Å². The van der Waals surface area contributed by atoms with E-state index in [4.69, 9.17) is 9.15 Å². The summed E-state index contributed by atoms with van der Waals surface area (Å²) in [7, 11) is 0. The summed E-state index contributed by atoms with van der Waals surface area (Å²) in [5.41, 5.74) is 1.87. The molecule has 0 aliphatic rings. The third-order valence-corrected chi connectivity index (χ3v) is 2.89. The van der Waals surface area contributed by atoms with Gasteiger partial charge in [0.1, 0.15) is 4.92 Å². The Morgan fingerprint density at radius 2 is 1.96 bits per heavy atom. The van der Waals surface area contributed by atoms with E-state index in [0.29, 0.717) is 0 Å². The number of nitrogens with zero attached hydrogens (tertiary/aromatic N) is 3. The van der Waals surface area contributed by atoms with Crippen LogP contribution in [0.3, 0.4) is 0 Å². The van der Waals surface area contributed by atoms with Crippen molar-refractivity contribution in [3.8, 4) is 5.75 Å². The molecular formula is C14H12N4O7. The molecule has 0 saturated heterocycles. The van der Waals surface area contributed by atoms with Crippen molar-refractivity contribution in [3.63, 3.8) is 0 Å². The van der Waals surface area contributed by atoms with Gasteiger partial charge in [-0.15, -0.1) is 0 Å². The highest BCUT2D eigenvalue weighted by molar-refractivity contribution is 5.83. The van der Waals surface area contributed by atoms with E-state index in [0.717, 1.165) is 12.3 Å². The molecule has 130 valence electrons. The van der Waals surface area contributed by atoms with Crippen LogP contribution < -0.4 is 10.2 Å². The van der Waals surface area contributed by atoms with Crippen molar-refractivity contribution >= 4 is 23.7 Å². The molecule has 25 heavy (non-hydrogen) atoms. The number of amides is 1. The van der Waals surface area contributed by atoms with Crippen LogP contribution in [0, 0.1) is 20.2 Å². The summed E-state index contributed by atoms with van der Waals surface area (Å²) in [5, 5.41) is 24.9. The molecule has 1 aromatic heterocycles. The van der Waals surface area contributed by atoms with Crippen LogP contribution in [0.25, 0.3) is 0 Å². The molecule has 11 nitrogen and oxygen atoms in total. The van der Waals surface area contributed by atoms with Crippen molar-refractivity contribution in [1.82, 2.24) is 5.43 Å². The fraction of sp³-hybridized carbons (Fsp3) is 0.143.